The molecular weight excluding hydrogens is 194 g/mol. The number of fused-ring (bicyclic) bond motifs is 1. The summed E-state index contributed by atoms with van der Waals surface area (Å²) in [7, 11) is 0. The van der Waals surface area contributed by atoms with Gasteiger partial charge in [-0.15, -0.1) is 0 Å². The van der Waals surface area contributed by atoms with Crippen molar-refractivity contribution in [2.24, 2.45) is 5.92 Å². The van der Waals surface area contributed by atoms with Crippen molar-refractivity contribution in [3.8, 4) is 0 Å². The van der Waals surface area contributed by atoms with Crippen molar-refractivity contribution >= 4 is 0 Å². The fourth-order valence-corrected chi connectivity index (χ4v) is 3.43. The number of rotatable bonds is 1. The molecule has 1 fully saturated rings. The van der Waals surface area contributed by atoms with E-state index in [-0.39, 0.29) is 0 Å². The summed E-state index contributed by atoms with van der Waals surface area (Å²) in [6.07, 6.45) is 8.37. The lowest BCUT2D eigenvalue weighted by atomic mass is 9.78. The van der Waals surface area contributed by atoms with Gasteiger partial charge in [0.05, 0.1) is 0 Å². The van der Waals surface area contributed by atoms with Crippen molar-refractivity contribution < 1.29 is 0 Å². The second-order valence-corrected chi connectivity index (χ2v) is 5.28. The van der Waals surface area contributed by atoms with Crippen LogP contribution in [0.25, 0.3) is 0 Å². The molecule has 0 spiro atoms. The zero-order valence-corrected chi connectivity index (χ0v) is 9.91. The fraction of sp³-hybridized carbons (Fsp3) is 0.600. The highest BCUT2D eigenvalue weighted by Crippen LogP contribution is 2.37. The molecule has 1 saturated carbocycles. The first-order valence-corrected chi connectivity index (χ1v) is 6.76. The van der Waals surface area contributed by atoms with Crippen molar-refractivity contribution in [3.63, 3.8) is 0 Å². The first-order valence-electron chi connectivity index (χ1n) is 6.76. The SMILES string of the molecule is c1ccc2c(c1)CCN[C@H]2C1CCCCC1. The average molecular weight is 215 g/mol. The smallest absolute Gasteiger partial charge is 0.0351 e. The first kappa shape index (κ1) is 10.3. The van der Waals surface area contributed by atoms with Crippen molar-refractivity contribution in [1.29, 1.82) is 0 Å². The highest BCUT2D eigenvalue weighted by atomic mass is 14.9. The van der Waals surface area contributed by atoms with E-state index in [1.165, 1.54) is 38.5 Å². The van der Waals surface area contributed by atoms with Gasteiger partial charge in [-0.25, -0.2) is 0 Å². The molecule has 1 heteroatoms. The second kappa shape index (κ2) is 4.58. The van der Waals surface area contributed by atoms with Gasteiger partial charge in [0.15, 0.2) is 0 Å². The zero-order valence-electron chi connectivity index (χ0n) is 9.91. The molecule has 1 nitrogen and oxygen atoms in total. The Morgan fingerprint density at radius 1 is 1.00 bits per heavy atom. The molecule has 1 atom stereocenters. The van der Waals surface area contributed by atoms with Crippen LogP contribution in [0, 0.1) is 5.92 Å². The van der Waals surface area contributed by atoms with Crippen molar-refractivity contribution in [2.45, 2.75) is 44.6 Å². The topological polar surface area (TPSA) is 12.0 Å². The highest BCUT2D eigenvalue weighted by molar-refractivity contribution is 5.32. The number of hydrogen-bond donors (Lipinski definition) is 1. The molecule has 0 saturated heterocycles. The lowest BCUT2D eigenvalue weighted by molar-refractivity contribution is 0.265. The van der Waals surface area contributed by atoms with E-state index >= 15 is 0 Å². The van der Waals surface area contributed by atoms with Crippen molar-refractivity contribution in [1.82, 2.24) is 5.32 Å². The maximum absolute atomic E-state index is 3.74. The summed E-state index contributed by atoms with van der Waals surface area (Å²) in [5, 5.41) is 3.74. The van der Waals surface area contributed by atoms with Crippen LogP contribution in [0.1, 0.15) is 49.3 Å². The summed E-state index contributed by atoms with van der Waals surface area (Å²) in [5.74, 6) is 0.884. The molecule has 0 radical (unpaired) electrons. The summed E-state index contributed by atoms with van der Waals surface area (Å²) in [6, 6.07) is 9.67. The van der Waals surface area contributed by atoms with Crippen LogP contribution in [-0.2, 0) is 6.42 Å². The van der Waals surface area contributed by atoms with Crippen LogP contribution >= 0.6 is 0 Å². The second-order valence-electron chi connectivity index (χ2n) is 5.28. The molecule has 0 bridgehead atoms. The number of benzene rings is 1. The van der Waals surface area contributed by atoms with Gasteiger partial charge in [0.2, 0.25) is 0 Å². The van der Waals surface area contributed by atoms with Crippen LogP contribution in [0.15, 0.2) is 24.3 Å². The van der Waals surface area contributed by atoms with E-state index < -0.39 is 0 Å². The molecule has 0 aromatic heterocycles. The van der Waals surface area contributed by atoms with Crippen molar-refractivity contribution in [2.75, 3.05) is 6.54 Å². The maximum Gasteiger partial charge on any atom is 0.0351 e. The summed E-state index contributed by atoms with van der Waals surface area (Å²) in [4.78, 5) is 0. The van der Waals surface area contributed by atoms with E-state index in [0.29, 0.717) is 6.04 Å². The number of nitrogens with one attached hydrogen (secondary N) is 1. The minimum Gasteiger partial charge on any atom is -0.309 e. The summed E-state index contributed by atoms with van der Waals surface area (Å²) >= 11 is 0. The van der Waals surface area contributed by atoms with Gasteiger partial charge in [-0.1, -0.05) is 43.5 Å². The molecule has 3 rings (SSSR count). The van der Waals surface area contributed by atoms with Crippen LogP contribution in [0.2, 0.25) is 0 Å². The summed E-state index contributed by atoms with van der Waals surface area (Å²) < 4.78 is 0. The van der Waals surface area contributed by atoms with Crippen molar-refractivity contribution in [3.05, 3.63) is 35.4 Å². The quantitative estimate of drug-likeness (QED) is 0.756. The molecule has 16 heavy (non-hydrogen) atoms. The minimum absolute atomic E-state index is 0.644. The van der Waals surface area contributed by atoms with Gasteiger partial charge >= 0.3 is 0 Å². The van der Waals surface area contributed by atoms with Gasteiger partial charge in [-0.05, 0) is 42.9 Å². The van der Waals surface area contributed by atoms with Gasteiger partial charge in [0, 0.05) is 6.04 Å². The Balaban J connectivity index is 1.86. The maximum atomic E-state index is 3.74. The molecule has 2 aliphatic rings. The van der Waals surface area contributed by atoms with E-state index in [1.54, 1.807) is 11.1 Å². The standard InChI is InChI=1S/C15H21N/c1-2-7-13(8-3-1)15-14-9-5-4-6-12(14)10-11-16-15/h4-6,9,13,15-16H,1-3,7-8,10-11H2/t15-/m0/s1. The lowest BCUT2D eigenvalue weighted by Crippen LogP contribution is -2.35. The third kappa shape index (κ3) is 1.89. The highest BCUT2D eigenvalue weighted by Gasteiger charge is 2.28. The lowest BCUT2D eigenvalue weighted by Gasteiger charge is -2.35. The Morgan fingerprint density at radius 2 is 1.81 bits per heavy atom. The zero-order chi connectivity index (χ0) is 10.8. The predicted molar refractivity (Wildman–Crippen MR) is 67.5 cm³/mol. The molecule has 0 unspecified atom stereocenters. The molecule has 1 aromatic carbocycles. The van der Waals surface area contributed by atoms with Crippen LogP contribution in [0.3, 0.4) is 0 Å². The Hall–Kier alpha value is -0.820. The first-order chi connectivity index (χ1) is 7.95. The molecule has 1 heterocycles. The van der Waals surface area contributed by atoms with E-state index in [9.17, 15) is 0 Å². The van der Waals surface area contributed by atoms with Gasteiger partial charge in [0.1, 0.15) is 0 Å². The van der Waals surface area contributed by atoms with Crippen LogP contribution in [0.4, 0.5) is 0 Å². The molecule has 1 aromatic rings. The Kier molecular flexibility index (Phi) is 2.96. The molecule has 1 aliphatic carbocycles. The van der Waals surface area contributed by atoms with Crippen LogP contribution < -0.4 is 5.32 Å². The van der Waals surface area contributed by atoms with E-state index in [0.717, 1.165) is 12.5 Å². The van der Waals surface area contributed by atoms with Gasteiger partial charge in [-0.3, -0.25) is 0 Å². The predicted octanol–water partition coefficient (Wildman–Crippen LogP) is 3.45. The monoisotopic (exact) mass is 215 g/mol. The van der Waals surface area contributed by atoms with E-state index in [4.69, 9.17) is 0 Å². The normalized spacial score (nSPS) is 26.4. The van der Waals surface area contributed by atoms with Gasteiger partial charge < -0.3 is 5.32 Å². The molecular formula is C15H21N. The Morgan fingerprint density at radius 3 is 2.69 bits per heavy atom. The summed E-state index contributed by atoms with van der Waals surface area (Å²) in [5.41, 5.74) is 3.16. The van der Waals surface area contributed by atoms with Crippen LogP contribution in [-0.4, -0.2) is 6.54 Å². The Labute approximate surface area is 98.3 Å². The van der Waals surface area contributed by atoms with E-state index in [2.05, 4.69) is 29.6 Å². The summed E-state index contributed by atoms with van der Waals surface area (Å²) in [6.45, 7) is 1.16. The fourth-order valence-electron chi connectivity index (χ4n) is 3.43. The van der Waals surface area contributed by atoms with Gasteiger partial charge in [-0.2, -0.15) is 0 Å². The molecule has 1 N–H and O–H groups in total. The molecule has 1 aliphatic heterocycles. The largest absolute Gasteiger partial charge is 0.309 e. The molecule has 0 amide bonds. The van der Waals surface area contributed by atoms with Crippen LogP contribution in [0.5, 0.6) is 0 Å². The Bertz CT molecular complexity index is 352. The van der Waals surface area contributed by atoms with E-state index in [1.807, 2.05) is 0 Å². The minimum atomic E-state index is 0.644. The third-order valence-corrected chi connectivity index (χ3v) is 4.27. The molecule has 86 valence electrons. The number of hydrogen-bond acceptors (Lipinski definition) is 1. The third-order valence-electron chi connectivity index (χ3n) is 4.27. The average Bonchev–Trinajstić information content (AvgIpc) is 2.39. The van der Waals surface area contributed by atoms with Gasteiger partial charge in [0.25, 0.3) is 0 Å².